The molecule has 2 heterocycles. The second kappa shape index (κ2) is 9.73. The fourth-order valence-electron chi connectivity index (χ4n) is 4.33. The lowest BCUT2D eigenvalue weighted by Gasteiger charge is -2.14. The van der Waals surface area contributed by atoms with Gasteiger partial charge in [0.25, 0.3) is 0 Å². The number of rotatable bonds is 6. The van der Waals surface area contributed by atoms with Gasteiger partial charge in [-0.1, -0.05) is 18.2 Å². The number of ether oxygens (including phenoxy) is 1. The minimum Gasteiger partial charge on any atom is -0.443 e. The van der Waals surface area contributed by atoms with Crippen molar-refractivity contribution in [2.75, 3.05) is 6.26 Å². The van der Waals surface area contributed by atoms with Gasteiger partial charge in [0.1, 0.15) is 17.3 Å². The number of alkyl halides is 3. The Hall–Kier alpha value is -4.38. The fourth-order valence-corrected chi connectivity index (χ4v) is 5.00. The maximum absolute atomic E-state index is 12.6. The Morgan fingerprint density at radius 1 is 0.923 bits per heavy atom. The van der Waals surface area contributed by atoms with E-state index in [1.54, 1.807) is 18.2 Å². The minimum atomic E-state index is -4.80. The highest BCUT2D eigenvalue weighted by molar-refractivity contribution is 7.90. The fraction of sp³-hybridized carbons (Fsp3) is 0.143. The van der Waals surface area contributed by atoms with Gasteiger partial charge in [-0.25, -0.2) is 18.4 Å². The lowest BCUT2D eigenvalue weighted by molar-refractivity contribution is -0.274. The van der Waals surface area contributed by atoms with Gasteiger partial charge in [0.05, 0.1) is 16.3 Å². The highest BCUT2D eigenvalue weighted by Crippen LogP contribution is 2.38. The number of aromatic nitrogens is 3. The summed E-state index contributed by atoms with van der Waals surface area (Å²) in [6.45, 7) is 3.74. The van der Waals surface area contributed by atoms with Crippen LogP contribution in [0.1, 0.15) is 11.5 Å². The van der Waals surface area contributed by atoms with Crippen molar-refractivity contribution in [1.82, 2.24) is 14.5 Å². The molecule has 0 fully saturated rings. The zero-order valence-corrected chi connectivity index (χ0v) is 21.8. The molecule has 2 aromatic heterocycles. The summed E-state index contributed by atoms with van der Waals surface area (Å²) in [4.78, 5) is 9.03. The lowest BCUT2D eigenvalue weighted by atomic mass is 9.98. The maximum Gasteiger partial charge on any atom is 0.573 e. The van der Waals surface area contributed by atoms with Gasteiger partial charge in [0.15, 0.2) is 22.0 Å². The van der Waals surface area contributed by atoms with Crippen LogP contribution in [0, 0.1) is 13.8 Å². The molecule has 11 heteroatoms. The predicted molar refractivity (Wildman–Crippen MR) is 139 cm³/mol. The molecule has 0 aliphatic heterocycles. The Bertz CT molecular complexity index is 1770. The summed E-state index contributed by atoms with van der Waals surface area (Å²) >= 11 is 0. The third kappa shape index (κ3) is 5.58. The van der Waals surface area contributed by atoms with Gasteiger partial charge in [-0.15, -0.1) is 13.2 Å². The molecule has 0 saturated carbocycles. The van der Waals surface area contributed by atoms with Crippen molar-refractivity contribution in [1.29, 1.82) is 0 Å². The first-order chi connectivity index (χ1) is 18.4. The van der Waals surface area contributed by atoms with Crippen molar-refractivity contribution in [3.63, 3.8) is 0 Å². The number of hydrogen-bond acceptors (Lipinski definition) is 6. The normalized spacial score (nSPS) is 12.1. The van der Waals surface area contributed by atoms with E-state index < -0.39 is 16.2 Å². The quantitative estimate of drug-likeness (QED) is 0.230. The zero-order chi connectivity index (χ0) is 27.9. The molecular weight excluding hydrogens is 531 g/mol. The summed E-state index contributed by atoms with van der Waals surface area (Å²) in [5.74, 6) is 0.755. The molecule has 0 N–H and O–H groups in total. The minimum absolute atomic E-state index is 0.188. The van der Waals surface area contributed by atoms with E-state index in [0.717, 1.165) is 29.0 Å². The van der Waals surface area contributed by atoms with Crippen molar-refractivity contribution in [3.05, 3.63) is 90.8 Å². The summed E-state index contributed by atoms with van der Waals surface area (Å²) in [7, 11) is -3.42. The summed E-state index contributed by atoms with van der Waals surface area (Å²) in [5.41, 5.74) is 4.49. The molecule has 5 aromatic rings. The molecule has 0 spiro atoms. The number of hydrogen-bond donors (Lipinski definition) is 0. The Morgan fingerprint density at radius 2 is 1.62 bits per heavy atom. The van der Waals surface area contributed by atoms with Gasteiger partial charge in [0.2, 0.25) is 0 Å². The van der Waals surface area contributed by atoms with Crippen LogP contribution in [0.3, 0.4) is 0 Å². The van der Waals surface area contributed by atoms with Gasteiger partial charge in [0, 0.05) is 23.6 Å². The standard InChI is InChI=1S/C28H22F3N3O4S/c1-17-15-34(18(2)33-17)25-12-9-21(20-5-4-6-23(13-20)39(3,35)36)14-24(25)27-26(32-16-37-27)19-7-10-22(11-8-19)38-28(29,30)31/h4-16H,1-3H3. The molecule has 0 radical (unpaired) electrons. The van der Waals surface area contributed by atoms with Gasteiger partial charge in [-0.2, -0.15) is 0 Å². The van der Waals surface area contributed by atoms with E-state index in [1.807, 2.05) is 42.8 Å². The van der Waals surface area contributed by atoms with Gasteiger partial charge in [-0.05, 0) is 73.5 Å². The van der Waals surface area contributed by atoms with E-state index >= 15 is 0 Å². The van der Waals surface area contributed by atoms with Crippen LogP contribution in [0.5, 0.6) is 5.75 Å². The number of imidazole rings is 1. The van der Waals surface area contributed by atoms with Gasteiger partial charge < -0.3 is 13.7 Å². The van der Waals surface area contributed by atoms with Crippen molar-refractivity contribution in [3.8, 4) is 45.1 Å². The summed E-state index contributed by atoms with van der Waals surface area (Å²) < 4.78 is 73.9. The molecule has 0 bridgehead atoms. The Morgan fingerprint density at radius 3 is 2.26 bits per heavy atom. The first-order valence-electron chi connectivity index (χ1n) is 11.7. The summed E-state index contributed by atoms with van der Waals surface area (Å²) in [5, 5.41) is 0. The Labute approximate surface area is 222 Å². The van der Waals surface area contributed by atoms with E-state index in [4.69, 9.17) is 4.42 Å². The molecule has 0 aliphatic carbocycles. The molecule has 39 heavy (non-hydrogen) atoms. The molecule has 3 aromatic carbocycles. The number of sulfone groups is 1. The zero-order valence-electron chi connectivity index (χ0n) is 21.0. The van der Waals surface area contributed by atoms with E-state index in [2.05, 4.69) is 14.7 Å². The van der Waals surface area contributed by atoms with Crippen LogP contribution in [0.25, 0.3) is 39.4 Å². The molecule has 0 saturated heterocycles. The molecule has 200 valence electrons. The van der Waals surface area contributed by atoms with Crippen LogP contribution >= 0.6 is 0 Å². The summed E-state index contributed by atoms with van der Waals surface area (Å²) in [6, 6.07) is 17.6. The monoisotopic (exact) mass is 553 g/mol. The molecule has 0 amide bonds. The number of benzene rings is 3. The summed E-state index contributed by atoms with van der Waals surface area (Å²) in [6.07, 6.45) is -0.517. The topological polar surface area (TPSA) is 87.2 Å². The van der Waals surface area contributed by atoms with Crippen LogP contribution in [0.4, 0.5) is 13.2 Å². The van der Waals surface area contributed by atoms with Crippen LogP contribution in [0.15, 0.2) is 88.6 Å². The number of nitrogens with zero attached hydrogens (tertiary/aromatic N) is 3. The van der Waals surface area contributed by atoms with Crippen molar-refractivity contribution < 1.29 is 30.7 Å². The van der Waals surface area contributed by atoms with Crippen LogP contribution in [-0.2, 0) is 9.84 Å². The van der Waals surface area contributed by atoms with E-state index in [9.17, 15) is 21.6 Å². The van der Waals surface area contributed by atoms with Crippen LogP contribution < -0.4 is 4.74 Å². The number of halogens is 3. The SMILES string of the molecule is Cc1cn(-c2ccc(-c3cccc(S(C)(=O)=O)c3)cc2-c2ocnc2-c2ccc(OC(F)(F)F)cc2)c(C)n1. The molecular formula is C28H22F3N3O4S. The van der Waals surface area contributed by atoms with Crippen molar-refractivity contribution in [2.24, 2.45) is 0 Å². The van der Waals surface area contributed by atoms with Gasteiger partial charge >= 0.3 is 6.36 Å². The van der Waals surface area contributed by atoms with Crippen molar-refractivity contribution >= 4 is 9.84 Å². The second-order valence-electron chi connectivity index (χ2n) is 8.93. The van der Waals surface area contributed by atoms with E-state index in [-0.39, 0.29) is 10.6 Å². The Balaban J connectivity index is 1.66. The first-order valence-corrected chi connectivity index (χ1v) is 13.6. The highest BCUT2D eigenvalue weighted by Gasteiger charge is 2.31. The molecule has 7 nitrogen and oxygen atoms in total. The van der Waals surface area contributed by atoms with Crippen LogP contribution in [-0.4, -0.2) is 35.6 Å². The smallest absolute Gasteiger partial charge is 0.443 e. The highest BCUT2D eigenvalue weighted by atomic mass is 32.2. The molecule has 0 aliphatic rings. The van der Waals surface area contributed by atoms with Crippen molar-refractivity contribution in [2.45, 2.75) is 25.1 Å². The third-order valence-electron chi connectivity index (χ3n) is 6.03. The number of oxazole rings is 1. The predicted octanol–water partition coefficient (Wildman–Crippen LogP) is 6.78. The maximum atomic E-state index is 12.6. The molecule has 0 unspecified atom stereocenters. The average Bonchev–Trinajstić information content (AvgIpc) is 3.49. The first kappa shape index (κ1) is 26.2. The second-order valence-corrected chi connectivity index (χ2v) is 10.9. The largest absolute Gasteiger partial charge is 0.573 e. The number of aryl methyl sites for hydroxylation is 2. The Kier molecular flexibility index (Phi) is 6.55. The lowest BCUT2D eigenvalue weighted by Crippen LogP contribution is -2.16. The van der Waals surface area contributed by atoms with Crippen LogP contribution in [0.2, 0.25) is 0 Å². The average molecular weight is 554 g/mol. The molecule has 0 atom stereocenters. The third-order valence-corrected chi connectivity index (χ3v) is 7.14. The van der Waals surface area contributed by atoms with Gasteiger partial charge in [-0.3, -0.25) is 0 Å². The van der Waals surface area contributed by atoms with E-state index in [1.165, 1.54) is 36.7 Å². The van der Waals surface area contributed by atoms with E-state index in [0.29, 0.717) is 28.1 Å². The molecule has 5 rings (SSSR count).